The van der Waals surface area contributed by atoms with Crippen LogP contribution in [0.2, 0.25) is 5.02 Å². The van der Waals surface area contributed by atoms with Gasteiger partial charge in [-0.15, -0.1) is 0 Å². The molecule has 3 aromatic heterocycles. The van der Waals surface area contributed by atoms with Crippen LogP contribution in [0.5, 0.6) is 11.5 Å². The smallest absolute Gasteiger partial charge is 0.148 e. The van der Waals surface area contributed by atoms with Gasteiger partial charge in [-0.05, 0) is 77.4 Å². The fraction of sp³-hybridized carbons (Fsp3) is 0.357. The maximum atomic E-state index is 6.77. The average molecular weight is 516 g/mol. The van der Waals surface area contributed by atoms with Crippen LogP contribution in [0.3, 0.4) is 0 Å². The highest BCUT2D eigenvalue weighted by Crippen LogP contribution is 2.36. The Labute approximate surface area is 220 Å². The van der Waals surface area contributed by atoms with E-state index in [1.807, 2.05) is 48.1 Å². The molecule has 4 heterocycles. The molecule has 9 heteroatoms. The fourth-order valence-corrected chi connectivity index (χ4v) is 5.45. The lowest BCUT2D eigenvalue weighted by atomic mass is 9.83. The van der Waals surface area contributed by atoms with Gasteiger partial charge in [0.1, 0.15) is 27.9 Å². The molecular formula is C28H30ClN7O. The van der Waals surface area contributed by atoms with Crippen molar-refractivity contribution in [1.82, 2.24) is 34.6 Å². The topological polar surface area (TPSA) is 84.8 Å². The molecule has 0 saturated carbocycles. The van der Waals surface area contributed by atoms with Crippen LogP contribution in [0.15, 0.2) is 48.9 Å². The molecule has 6 rings (SSSR count). The SMILES string of the molecule is Cc1nc2ccc(Oc3ccc4ncc(-c5cnn(CC6CCN(C)C(C)(C)C6)c5)nc4c3Cl)cc2[nH]1. The summed E-state index contributed by atoms with van der Waals surface area (Å²) in [5.41, 5.74) is 4.98. The summed E-state index contributed by atoms with van der Waals surface area (Å²) >= 11 is 6.77. The summed E-state index contributed by atoms with van der Waals surface area (Å²) in [7, 11) is 2.21. The first-order valence-corrected chi connectivity index (χ1v) is 13.0. The molecule has 8 nitrogen and oxygen atoms in total. The summed E-state index contributed by atoms with van der Waals surface area (Å²) in [6.07, 6.45) is 8.01. The van der Waals surface area contributed by atoms with Crippen molar-refractivity contribution in [3.63, 3.8) is 0 Å². The van der Waals surface area contributed by atoms with Crippen molar-refractivity contribution in [2.75, 3.05) is 13.6 Å². The zero-order valence-electron chi connectivity index (χ0n) is 21.5. The molecule has 190 valence electrons. The highest BCUT2D eigenvalue weighted by Gasteiger charge is 2.32. The van der Waals surface area contributed by atoms with E-state index in [-0.39, 0.29) is 5.54 Å². The van der Waals surface area contributed by atoms with Crippen LogP contribution < -0.4 is 4.74 Å². The van der Waals surface area contributed by atoms with Crippen LogP contribution in [-0.2, 0) is 6.54 Å². The van der Waals surface area contributed by atoms with Crippen molar-refractivity contribution >= 4 is 33.7 Å². The number of aryl methyl sites for hydroxylation is 1. The monoisotopic (exact) mass is 515 g/mol. The Balaban J connectivity index is 1.24. The largest absolute Gasteiger partial charge is 0.456 e. The highest BCUT2D eigenvalue weighted by atomic mass is 35.5. The number of halogens is 1. The van der Waals surface area contributed by atoms with Gasteiger partial charge in [0.2, 0.25) is 0 Å². The fourth-order valence-electron chi connectivity index (χ4n) is 5.21. The number of imidazole rings is 1. The van der Waals surface area contributed by atoms with Crippen LogP contribution in [0.4, 0.5) is 0 Å². The van der Waals surface area contributed by atoms with E-state index in [1.54, 1.807) is 6.20 Å². The van der Waals surface area contributed by atoms with Gasteiger partial charge >= 0.3 is 0 Å². The quantitative estimate of drug-likeness (QED) is 0.298. The summed E-state index contributed by atoms with van der Waals surface area (Å²) in [5.74, 6) is 2.65. The minimum absolute atomic E-state index is 0.211. The Hall–Kier alpha value is -3.49. The molecule has 1 atom stereocenters. The second-order valence-electron chi connectivity index (χ2n) is 10.6. The molecule has 0 radical (unpaired) electrons. The molecule has 1 saturated heterocycles. The molecule has 0 amide bonds. The number of rotatable bonds is 5. The number of nitrogens with zero attached hydrogens (tertiary/aromatic N) is 6. The van der Waals surface area contributed by atoms with Gasteiger partial charge in [-0.3, -0.25) is 9.67 Å². The second-order valence-corrected chi connectivity index (χ2v) is 11.0. The molecule has 0 spiro atoms. The molecule has 2 aromatic carbocycles. The van der Waals surface area contributed by atoms with Crippen molar-refractivity contribution in [3.05, 3.63) is 59.8 Å². The van der Waals surface area contributed by atoms with E-state index >= 15 is 0 Å². The average Bonchev–Trinajstić information content (AvgIpc) is 3.48. The molecule has 1 aliphatic heterocycles. The molecule has 0 bridgehead atoms. The van der Waals surface area contributed by atoms with Gasteiger partial charge in [-0.25, -0.2) is 9.97 Å². The van der Waals surface area contributed by atoms with Crippen molar-refractivity contribution < 1.29 is 4.74 Å². The number of hydrogen-bond acceptors (Lipinski definition) is 6. The highest BCUT2D eigenvalue weighted by molar-refractivity contribution is 6.36. The number of piperidine rings is 1. The maximum Gasteiger partial charge on any atom is 0.148 e. The number of H-pyrrole nitrogens is 1. The lowest BCUT2D eigenvalue weighted by Crippen LogP contribution is -2.48. The van der Waals surface area contributed by atoms with E-state index in [4.69, 9.17) is 21.3 Å². The summed E-state index contributed by atoms with van der Waals surface area (Å²) in [4.78, 5) is 19.6. The third-order valence-corrected chi connectivity index (χ3v) is 7.85. The van der Waals surface area contributed by atoms with Crippen molar-refractivity contribution in [2.45, 2.75) is 45.7 Å². The van der Waals surface area contributed by atoms with Crippen LogP contribution in [0, 0.1) is 12.8 Å². The number of ether oxygens (including phenoxy) is 1. The summed E-state index contributed by atoms with van der Waals surface area (Å²) in [6.45, 7) is 8.57. The van der Waals surface area contributed by atoms with Crippen LogP contribution >= 0.6 is 11.6 Å². The van der Waals surface area contributed by atoms with Gasteiger partial charge in [0.05, 0.1) is 34.6 Å². The number of likely N-dealkylation sites (tertiary alicyclic amines) is 1. The molecule has 0 aliphatic carbocycles. The van der Waals surface area contributed by atoms with Gasteiger partial charge in [0.25, 0.3) is 0 Å². The molecule has 5 aromatic rings. The standard InChI is InChI=1S/C28H30ClN7O/c1-17-32-21-6-5-20(11-23(21)33-17)37-25-8-7-22-27(26(25)29)34-24(14-30-22)19-13-31-36(16-19)15-18-9-10-35(4)28(2,3)12-18/h5-8,11,13-14,16,18H,9-10,12,15H2,1-4H3,(H,32,33). The van der Waals surface area contributed by atoms with Gasteiger partial charge in [-0.2, -0.15) is 5.10 Å². The molecular weight excluding hydrogens is 486 g/mol. The first-order valence-electron chi connectivity index (χ1n) is 12.6. The molecule has 1 aliphatic rings. The van der Waals surface area contributed by atoms with Crippen molar-refractivity contribution in [1.29, 1.82) is 0 Å². The summed E-state index contributed by atoms with van der Waals surface area (Å²) in [6, 6.07) is 9.41. The van der Waals surface area contributed by atoms with Crippen molar-refractivity contribution in [2.24, 2.45) is 5.92 Å². The van der Waals surface area contributed by atoms with Gasteiger partial charge in [-0.1, -0.05) is 11.6 Å². The number of nitrogens with one attached hydrogen (secondary N) is 1. The van der Waals surface area contributed by atoms with Gasteiger partial charge < -0.3 is 14.6 Å². The molecule has 1 N–H and O–H groups in total. The number of hydrogen-bond donors (Lipinski definition) is 1. The van der Waals surface area contributed by atoms with E-state index in [9.17, 15) is 0 Å². The Bertz CT molecular complexity index is 1610. The van der Waals surface area contributed by atoms with E-state index < -0.39 is 0 Å². The first kappa shape index (κ1) is 23.9. The lowest BCUT2D eigenvalue weighted by molar-refractivity contribution is 0.0649. The minimum atomic E-state index is 0.211. The minimum Gasteiger partial charge on any atom is -0.456 e. The zero-order chi connectivity index (χ0) is 25.7. The predicted molar refractivity (Wildman–Crippen MR) is 146 cm³/mol. The zero-order valence-corrected chi connectivity index (χ0v) is 22.3. The Morgan fingerprint density at radius 1 is 1.14 bits per heavy atom. The van der Waals surface area contributed by atoms with Crippen molar-refractivity contribution in [3.8, 4) is 22.8 Å². The van der Waals surface area contributed by atoms with E-state index in [2.05, 4.69) is 52.0 Å². The number of aromatic amines is 1. The number of benzene rings is 2. The number of fused-ring (bicyclic) bond motifs is 2. The lowest BCUT2D eigenvalue weighted by Gasteiger charge is -2.43. The maximum absolute atomic E-state index is 6.77. The summed E-state index contributed by atoms with van der Waals surface area (Å²) in [5, 5.41) is 5.05. The van der Waals surface area contributed by atoms with E-state index in [0.717, 1.165) is 47.6 Å². The second kappa shape index (κ2) is 9.11. The molecule has 1 unspecified atom stereocenters. The third-order valence-electron chi connectivity index (χ3n) is 7.49. The van der Waals surface area contributed by atoms with Gasteiger partial charge in [0.15, 0.2) is 0 Å². The van der Waals surface area contributed by atoms with E-state index in [1.165, 1.54) is 6.42 Å². The predicted octanol–water partition coefficient (Wildman–Crippen LogP) is 6.24. The Morgan fingerprint density at radius 3 is 2.81 bits per heavy atom. The van der Waals surface area contributed by atoms with Crippen LogP contribution in [-0.4, -0.2) is 53.7 Å². The van der Waals surface area contributed by atoms with Gasteiger partial charge in [0, 0.05) is 29.9 Å². The molecule has 1 fully saturated rings. The first-order chi connectivity index (χ1) is 17.7. The number of aromatic nitrogens is 6. The normalized spacial score (nSPS) is 18.0. The molecule has 37 heavy (non-hydrogen) atoms. The van der Waals surface area contributed by atoms with Crippen LogP contribution in [0.25, 0.3) is 33.3 Å². The third kappa shape index (κ3) is 4.67. The van der Waals surface area contributed by atoms with E-state index in [0.29, 0.717) is 33.5 Å². The van der Waals surface area contributed by atoms with Crippen LogP contribution in [0.1, 0.15) is 32.5 Å². The Morgan fingerprint density at radius 2 is 1.97 bits per heavy atom. The summed E-state index contributed by atoms with van der Waals surface area (Å²) < 4.78 is 8.16. The Kier molecular flexibility index (Phi) is 5.88.